The molecule has 0 nitrogen and oxygen atoms in total. The first-order valence-electron chi connectivity index (χ1n) is 5.78. The zero-order chi connectivity index (χ0) is 8.41. The molecule has 68 valence electrons. The Balaban J connectivity index is 1.68. The van der Waals surface area contributed by atoms with Gasteiger partial charge in [0.05, 0.1) is 0 Å². The zero-order valence-corrected chi connectivity index (χ0v) is 7.89. The monoisotopic (exact) mass is 172 g/mol. The van der Waals surface area contributed by atoms with Crippen LogP contribution in [0.4, 0.5) is 0 Å². The summed E-state index contributed by atoms with van der Waals surface area (Å²) in [5.41, 5.74) is 0. The highest BCUT2D eigenvalue weighted by molar-refractivity contribution is 5.26. The van der Waals surface area contributed by atoms with E-state index in [1.165, 1.54) is 12.8 Å². The Bertz CT molecular complexity index is 293. The quantitative estimate of drug-likeness (QED) is 0.493. The van der Waals surface area contributed by atoms with E-state index in [0.29, 0.717) is 0 Å². The van der Waals surface area contributed by atoms with Gasteiger partial charge < -0.3 is 0 Å². The van der Waals surface area contributed by atoms with E-state index in [9.17, 15) is 0 Å². The molecular formula is C13H16. The molecule has 4 rings (SSSR count). The van der Waals surface area contributed by atoms with E-state index in [1.54, 1.807) is 6.42 Å². The molecule has 13 heavy (non-hydrogen) atoms. The lowest BCUT2D eigenvalue weighted by Gasteiger charge is -2.54. The summed E-state index contributed by atoms with van der Waals surface area (Å²) in [7, 11) is 0. The highest BCUT2D eigenvalue weighted by atomic mass is 14.6. The second kappa shape index (κ2) is 2.10. The van der Waals surface area contributed by atoms with E-state index in [1.807, 2.05) is 0 Å². The Morgan fingerprint density at radius 3 is 2.54 bits per heavy atom. The first-order valence-corrected chi connectivity index (χ1v) is 5.78. The lowest BCUT2D eigenvalue weighted by atomic mass is 9.51. The van der Waals surface area contributed by atoms with Crippen LogP contribution in [0.2, 0.25) is 0 Å². The molecule has 0 saturated heterocycles. The topological polar surface area (TPSA) is 0 Å². The van der Waals surface area contributed by atoms with Crippen molar-refractivity contribution in [2.75, 3.05) is 0 Å². The average molecular weight is 172 g/mol. The first kappa shape index (κ1) is 6.86. The predicted molar refractivity (Wildman–Crippen MR) is 53.1 cm³/mol. The second-order valence-corrected chi connectivity index (χ2v) is 5.38. The second-order valence-electron chi connectivity index (χ2n) is 5.38. The van der Waals surface area contributed by atoms with Gasteiger partial charge in [-0.3, -0.25) is 0 Å². The fraction of sp³-hybridized carbons (Fsp3) is 0.692. The minimum atomic E-state index is 1.02. The van der Waals surface area contributed by atoms with Crippen molar-refractivity contribution in [1.29, 1.82) is 0 Å². The van der Waals surface area contributed by atoms with E-state index < -0.39 is 0 Å². The lowest BCUT2D eigenvalue weighted by molar-refractivity contribution is 0.0196. The van der Waals surface area contributed by atoms with Crippen LogP contribution >= 0.6 is 0 Å². The fourth-order valence-corrected chi connectivity index (χ4v) is 4.48. The highest BCUT2D eigenvalue weighted by Gasteiger charge is 2.59. The standard InChI is InChI=1S/C13H16/c1-2-4-9-8(3-1)7-12-10-5-6-11(10)13(9)12/h1-2,5-6,8-13H,3-4,7H2. The van der Waals surface area contributed by atoms with E-state index in [2.05, 4.69) is 24.3 Å². The van der Waals surface area contributed by atoms with Crippen molar-refractivity contribution in [2.24, 2.45) is 35.5 Å². The van der Waals surface area contributed by atoms with Gasteiger partial charge in [0, 0.05) is 0 Å². The van der Waals surface area contributed by atoms with Crippen molar-refractivity contribution < 1.29 is 0 Å². The number of hydrogen-bond acceptors (Lipinski definition) is 0. The van der Waals surface area contributed by atoms with Crippen LogP contribution in [-0.2, 0) is 0 Å². The zero-order valence-electron chi connectivity index (χ0n) is 7.89. The summed E-state index contributed by atoms with van der Waals surface area (Å²) in [6, 6.07) is 0. The van der Waals surface area contributed by atoms with E-state index in [-0.39, 0.29) is 0 Å². The fourth-order valence-electron chi connectivity index (χ4n) is 4.48. The number of hydrogen-bond donors (Lipinski definition) is 0. The molecule has 0 aliphatic heterocycles. The Hall–Kier alpha value is -0.520. The van der Waals surface area contributed by atoms with Gasteiger partial charge in [0.1, 0.15) is 0 Å². The summed E-state index contributed by atoms with van der Waals surface area (Å²) < 4.78 is 0. The third kappa shape index (κ3) is 0.662. The maximum absolute atomic E-state index is 2.48. The normalized spacial score (nSPS) is 60.3. The Labute approximate surface area is 79.7 Å². The molecule has 4 aliphatic carbocycles. The van der Waals surface area contributed by atoms with Crippen LogP contribution in [0.5, 0.6) is 0 Å². The van der Waals surface area contributed by atoms with Gasteiger partial charge in [0.15, 0.2) is 0 Å². The van der Waals surface area contributed by atoms with Crippen LogP contribution in [0.3, 0.4) is 0 Å². The summed E-state index contributed by atoms with van der Waals surface area (Å²) in [5.74, 6) is 6.38. The number of fused-ring (bicyclic) bond motifs is 6. The minimum absolute atomic E-state index is 1.02. The maximum atomic E-state index is 2.48. The largest absolute Gasteiger partial charge is 0.0882 e. The van der Waals surface area contributed by atoms with Crippen LogP contribution in [0.15, 0.2) is 24.3 Å². The Morgan fingerprint density at radius 1 is 0.846 bits per heavy atom. The van der Waals surface area contributed by atoms with Gasteiger partial charge in [0.2, 0.25) is 0 Å². The van der Waals surface area contributed by atoms with Crippen molar-refractivity contribution in [3.63, 3.8) is 0 Å². The van der Waals surface area contributed by atoms with Crippen molar-refractivity contribution in [3.8, 4) is 0 Å². The van der Waals surface area contributed by atoms with Crippen LogP contribution in [-0.4, -0.2) is 0 Å². The molecule has 2 saturated carbocycles. The molecule has 6 atom stereocenters. The van der Waals surface area contributed by atoms with Crippen molar-refractivity contribution in [3.05, 3.63) is 24.3 Å². The molecule has 6 unspecified atom stereocenters. The lowest BCUT2D eigenvalue weighted by Crippen LogP contribution is -2.48. The van der Waals surface area contributed by atoms with E-state index >= 15 is 0 Å². The molecule has 0 heterocycles. The summed E-state index contributed by atoms with van der Waals surface area (Å²) in [6.45, 7) is 0. The summed E-state index contributed by atoms with van der Waals surface area (Å²) >= 11 is 0. The Morgan fingerprint density at radius 2 is 1.69 bits per heavy atom. The van der Waals surface area contributed by atoms with E-state index in [0.717, 1.165) is 35.5 Å². The Kier molecular flexibility index (Phi) is 1.11. The number of allylic oxidation sites excluding steroid dienone is 4. The van der Waals surface area contributed by atoms with Crippen LogP contribution in [0.1, 0.15) is 19.3 Å². The van der Waals surface area contributed by atoms with Gasteiger partial charge in [-0.1, -0.05) is 24.3 Å². The smallest absolute Gasteiger partial charge is 0.0134 e. The highest BCUT2D eigenvalue weighted by Crippen LogP contribution is 2.66. The molecule has 4 aliphatic rings. The van der Waals surface area contributed by atoms with Gasteiger partial charge in [-0.05, 0) is 54.8 Å². The average Bonchev–Trinajstić information content (AvgIpc) is 2.42. The number of rotatable bonds is 0. The van der Waals surface area contributed by atoms with Gasteiger partial charge in [-0.15, -0.1) is 0 Å². The molecule has 0 spiro atoms. The van der Waals surface area contributed by atoms with Gasteiger partial charge in [0.25, 0.3) is 0 Å². The van der Waals surface area contributed by atoms with Gasteiger partial charge in [-0.25, -0.2) is 0 Å². The summed E-state index contributed by atoms with van der Waals surface area (Å²) in [6.07, 6.45) is 14.1. The molecule has 2 fully saturated rings. The third-order valence-electron chi connectivity index (χ3n) is 5.12. The molecule has 0 aromatic rings. The predicted octanol–water partition coefficient (Wildman–Crippen LogP) is 3.02. The van der Waals surface area contributed by atoms with Gasteiger partial charge in [-0.2, -0.15) is 0 Å². The molecule has 0 aromatic carbocycles. The molecule has 0 heteroatoms. The van der Waals surface area contributed by atoms with Crippen LogP contribution < -0.4 is 0 Å². The van der Waals surface area contributed by atoms with Crippen molar-refractivity contribution in [1.82, 2.24) is 0 Å². The SMILES string of the molecule is C1=CCC2C(C1)CC1C3C=CC3C21. The first-order chi connectivity index (χ1) is 6.45. The van der Waals surface area contributed by atoms with Gasteiger partial charge >= 0.3 is 0 Å². The molecule has 0 amide bonds. The maximum Gasteiger partial charge on any atom is -0.0134 e. The van der Waals surface area contributed by atoms with Crippen molar-refractivity contribution in [2.45, 2.75) is 19.3 Å². The van der Waals surface area contributed by atoms with Crippen LogP contribution in [0, 0.1) is 35.5 Å². The summed E-state index contributed by atoms with van der Waals surface area (Å²) in [5, 5.41) is 0. The molecule has 0 aromatic heterocycles. The third-order valence-corrected chi connectivity index (χ3v) is 5.12. The van der Waals surface area contributed by atoms with E-state index in [4.69, 9.17) is 0 Å². The molecule has 0 N–H and O–H groups in total. The van der Waals surface area contributed by atoms with Crippen LogP contribution in [0.25, 0.3) is 0 Å². The molecule has 0 bridgehead atoms. The summed E-state index contributed by atoms with van der Waals surface area (Å²) in [4.78, 5) is 0. The minimum Gasteiger partial charge on any atom is -0.0882 e. The molecule has 0 radical (unpaired) electrons. The van der Waals surface area contributed by atoms with Crippen molar-refractivity contribution >= 4 is 0 Å². The molecular weight excluding hydrogens is 156 g/mol.